The van der Waals surface area contributed by atoms with Gasteiger partial charge >= 0.3 is 0 Å². The van der Waals surface area contributed by atoms with Crippen molar-refractivity contribution in [2.45, 2.75) is 25.3 Å². The van der Waals surface area contributed by atoms with Gasteiger partial charge in [0.2, 0.25) is 0 Å². The second-order valence-corrected chi connectivity index (χ2v) is 12.2. The number of anilines is 1. The van der Waals surface area contributed by atoms with Gasteiger partial charge in [0.25, 0.3) is 11.8 Å². The van der Waals surface area contributed by atoms with Crippen LogP contribution in [0.5, 0.6) is 0 Å². The summed E-state index contributed by atoms with van der Waals surface area (Å²) in [5.74, 6) is -1.16. The van der Waals surface area contributed by atoms with Crippen molar-refractivity contribution in [1.82, 2.24) is 19.3 Å². The number of methoxy groups -OCH3 is 2. The summed E-state index contributed by atoms with van der Waals surface area (Å²) in [7, 11) is 7.40. The number of piperazine rings is 1. The van der Waals surface area contributed by atoms with Crippen molar-refractivity contribution in [2.24, 2.45) is 0 Å². The largest absolute Gasteiger partial charge is 0.349 e. The molecule has 2 aliphatic heterocycles. The number of fused-ring (bicyclic) bond motifs is 2. The van der Waals surface area contributed by atoms with E-state index in [1.54, 1.807) is 14.2 Å². The van der Waals surface area contributed by atoms with E-state index in [1.807, 2.05) is 88.7 Å². The molecule has 9 nitrogen and oxygen atoms in total. The molecule has 0 N–H and O–H groups in total. The molecule has 1 saturated heterocycles. The average molecular weight is 610 g/mol. The predicted octanol–water partition coefficient (Wildman–Crippen LogP) is 4.11. The van der Waals surface area contributed by atoms with Crippen LogP contribution in [0.15, 0.2) is 84.5 Å². The summed E-state index contributed by atoms with van der Waals surface area (Å²) in [5.41, 5.74) is 5.88. The summed E-state index contributed by atoms with van der Waals surface area (Å²) in [4.78, 5) is 36.6. The molecule has 45 heavy (non-hydrogen) atoms. The maximum atomic E-state index is 14.4. The van der Waals surface area contributed by atoms with Crippen molar-refractivity contribution in [3.05, 3.63) is 107 Å². The van der Waals surface area contributed by atoms with Crippen LogP contribution in [0.3, 0.4) is 0 Å². The Morgan fingerprint density at radius 2 is 1.53 bits per heavy atom. The van der Waals surface area contributed by atoms with E-state index >= 15 is 0 Å². The van der Waals surface area contributed by atoms with E-state index in [2.05, 4.69) is 28.5 Å². The van der Waals surface area contributed by atoms with E-state index < -0.39 is 5.79 Å². The van der Waals surface area contributed by atoms with Crippen molar-refractivity contribution >= 4 is 23.1 Å². The first kappa shape index (κ1) is 31.0. The summed E-state index contributed by atoms with van der Waals surface area (Å²) in [5, 5.41) is 0. The molecule has 1 aromatic heterocycles. The van der Waals surface area contributed by atoms with Gasteiger partial charge in [0.15, 0.2) is 5.79 Å². The molecule has 0 atom stereocenters. The molecule has 9 heteroatoms. The number of rotatable bonds is 8. The van der Waals surface area contributed by atoms with Crippen LogP contribution in [-0.2, 0) is 27.4 Å². The summed E-state index contributed by atoms with van der Waals surface area (Å²) in [6, 6.07) is 21.8. The topological polar surface area (TPSA) is 70.5 Å². The highest BCUT2D eigenvalue weighted by Crippen LogP contribution is 2.41. The van der Waals surface area contributed by atoms with Gasteiger partial charge in [-0.2, -0.15) is 0 Å². The summed E-state index contributed by atoms with van der Waals surface area (Å²) in [6.45, 7) is 6.05. The Balaban J connectivity index is 1.27. The number of amides is 2. The maximum Gasteiger partial charge on any atom is 0.270 e. The highest BCUT2D eigenvalue weighted by molar-refractivity contribution is 6.07. The normalized spacial score (nSPS) is 18.2. The van der Waals surface area contributed by atoms with E-state index in [-0.39, 0.29) is 18.2 Å². The number of ether oxygens (including phenoxy) is 2. The van der Waals surface area contributed by atoms with Gasteiger partial charge in [0, 0.05) is 82.4 Å². The minimum Gasteiger partial charge on any atom is -0.349 e. The minimum atomic E-state index is -1.09. The Hall–Kier alpha value is -4.02. The van der Waals surface area contributed by atoms with E-state index in [9.17, 15) is 9.59 Å². The number of allylic oxidation sites excluding steroid dienone is 2. The number of hydrogen-bond donors (Lipinski definition) is 0. The van der Waals surface area contributed by atoms with Crippen LogP contribution < -0.4 is 4.90 Å². The zero-order valence-electron chi connectivity index (χ0n) is 26.7. The van der Waals surface area contributed by atoms with Crippen LogP contribution in [0, 0.1) is 0 Å². The molecule has 0 spiro atoms. The van der Waals surface area contributed by atoms with Crippen LogP contribution in [-0.4, -0.2) is 104 Å². The van der Waals surface area contributed by atoms with E-state index in [4.69, 9.17) is 9.47 Å². The number of carbonyl (C=O) groups is 2. The molecule has 3 heterocycles. The van der Waals surface area contributed by atoms with E-state index in [0.717, 1.165) is 54.3 Å². The van der Waals surface area contributed by atoms with E-state index in [0.29, 0.717) is 37.4 Å². The molecule has 3 aliphatic rings. The van der Waals surface area contributed by atoms with Gasteiger partial charge in [0.1, 0.15) is 5.69 Å². The third-order valence-electron chi connectivity index (χ3n) is 9.29. The second kappa shape index (κ2) is 13.1. The fourth-order valence-electron chi connectivity index (χ4n) is 6.62. The number of nitrogens with zero attached hydrogens (tertiary/aromatic N) is 5. The summed E-state index contributed by atoms with van der Waals surface area (Å²) >= 11 is 0. The van der Waals surface area contributed by atoms with E-state index in [1.165, 1.54) is 0 Å². The quantitative estimate of drug-likeness (QED) is 0.358. The fourth-order valence-corrected chi connectivity index (χ4v) is 6.62. The van der Waals surface area contributed by atoms with Crippen LogP contribution in [0.1, 0.15) is 33.7 Å². The molecular formula is C36H43N5O4. The number of benzene rings is 2. The number of hydrogen-bond acceptors (Lipinski definition) is 6. The fraction of sp³-hybridized carbons (Fsp3) is 0.389. The van der Waals surface area contributed by atoms with Crippen LogP contribution in [0.2, 0.25) is 0 Å². The SMILES string of the molecule is COC1(OC)CC(C(=O)N2Cc3ccc(C(=O)N4CCN(CCN(C)C)CC4)n3Cc3ccccc32)=CC=C1c1ccccc1. The maximum absolute atomic E-state index is 14.4. The molecule has 2 aromatic carbocycles. The summed E-state index contributed by atoms with van der Waals surface area (Å²) in [6.07, 6.45) is 4.09. The smallest absolute Gasteiger partial charge is 0.270 e. The molecule has 3 aromatic rings. The third-order valence-corrected chi connectivity index (χ3v) is 9.29. The van der Waals surface area contributed by atoms with Crippen molar-refractivity contribution in [3.8, 4) is 0 Å². The van der Waals surface area contributed by atoms with Crippen LogP contribution >= 0.6 is 0 Å². The van der Waals surface area contributed by atoms with Gasteiger partial charge in [-0.3, -0.25) is 14.5 Å². The van der Waals surface area contributed by atoms with Gasteiger partial charge in [0.05, 0.1) is 13.1 Å². The Kier molecular flexibility index (Phi) is 9.05. The predicted molar refractivity (Wildman–Crippen MR) is 176 cm³/mol. The molecule has 0 saturated carbocycles. The lowest BCUT2D eigenvalue weighted by Crippen LogP contribution is -2.50. The highest BCUT2D eigenvalue weighted by atomic mass is 16.7. The Morgan fingerprint density at radius 1 is 0.822 bits per heavy atom. The van der Waals surface area contributed by atoms with Gasteiger partial charge in [-0.25, -0.2) is 0 Å². The highest BCUT2D eigenvalue weighted by Gasteiger charge is 2.41. The number of carbonyl (C=O) groups excluding carboxylic acids is 2. The third kappa shape index (κ3) is 6.13. The second-order valence-electron chi connectivity index (χ2n) is 12.2. The summed E-state index contributed by atoms with van der Waals surface area (Å²) < 4.78 is 14.0. The molecule has 1 fully saturated rings. The monoisotopic (exact) mass is 609 g/mol. The Bertz CT molecular complexity index is 1600. The van der Waals surface area contributed by atoms with Crippen molar-refractivity contribution in [2.75, 3.05) is 72.5 Å². The van der Waals surface area contributed by atoms with Crippen LogP contribution in [0.25, 0.3) is 5.57 Å². The lowest BCUT2D eigenvalue weighted by Gasteiger charge is -2.37. The Labute approximate surface area is 265 Å². The molecular weight excluding hydrogens is 566 g/mol. The first-order valence-corrected chi connectivity index (χ1v) is 15.6. The van der Waals surface area contributed by atoms with Crippen molar-refractivity contribution < 1.29 is 19.1 Å². The molecule has 0 radical (unpaired) electrons. The van der Waals surface area contributed by atoms with Crippen LogP contribution in [0.4, 0.5) is 5.69 Å². The molecule has 0 unspecified atom stereocenters. The molecule has 236 valence electrons. The molecule has 6 rings (SSSR count). The van der Waals surface area contributed by atoms with Gasteiger partial charge in [-0.1, -0.05) is 60.7 Å². The molecule has 2 amide bonds. The number of aromatic nitrogens is 1. The Morgan fingerprint density at radius 3 is 2.24 bits per heavy atom. The minimum absolute atomic E-state index is 0.0457. The lowest BCUT2D eigenvalue weighted by atomic mass is 9.86. The first-order chi connectivity index (χ1) is 21.8. The van der Waals surface area contributed by atoms with Gasteiger partial charge < -0.3 is 28.7 Å². The number of para-hydroxylation sites is 1. The lowest BCUT2D eigenvalue weighted by molar-refractivity contribution is -0.162. The van der Waals surface area contributed by atoms with Crippen molar-refractivity contribution in [3.63, 3.8) is 0 Å². The van der Waals surface area contributed by atoms with Crippen molar-refractivity contribution in [1.29, 1.82) is 0 Å². The van der Waals surface area contributed by atoms with Gasteiger partial charge in [-0.15, -0.1) is 0 Å². The zero-order chi connectivity index (χ0) is 31.6. The number of likely N-dealkylation sites (N-methyl/N-ethyl adjacent to an activating group) is 1. The molecule has 1 aliphatic carbocycles. The van der Waals surface area contributed by atoms with Gasteiger partial charge in [-0.05, 0) is 43.4 Å². The average Bonchev–Trinajstić information content (AvgIpc) is 3.39. The standard InChI is InChI=1S/C36H43N5O4/c1-37(2)18-19-38-20-22-39(23-21-38)35(43)33-17-15-30-26-41(32-13-9-8-12-29(32)25-40(30)33)34(42)28-14-16-31(27-10-6-5-7-11-27)36(24-28,44-3)45-4/h5-17H,18-26H2,1-4H3. The molecule has 0 bridgehead atoms. The first-order valence-electron chi connectivity index (χ1n) is 15.6. The zero-order valence-corrected chi connectivity index (χ0v) is 26.7.